The molecule has 24 heavy (non-hydrogen) atoms. The lowest BCUT2D eigenvalue weighted by Gasteiger charge is -2.07. The number of hydrogen-bond acceptors (Lipinski definition) is 3. The second kappa shape index (κ2) is 6.54. The predicted octanol–water partition coefficient (Wildman–Crippen LogP) is 2.11. The van der Waals surface area contributed by atoms with Crippen molar-refractivity contribution in [2.24, 2.45) is 0 Å². The van der Waals surface area contributed by atoms with Crippen molar-refractivity contribution in [1.29, 1.82) is 0 Å². The smallest absolute Gasteiger partial charge is 0.272 e. The number of carbonyl (C=O) groups is 1. The molecule has 3 aromatic rings. The third kappa shape index (κ3) is 3.27. The van der Waals surface area contributed by atoms with E-state index in [1.165, 1.54) is 0 Å². The Hall–Kier alpha value is -3.15. The summed E-state index contributed by atoms with van der Waals surface area (Å²) in [6, 6.07) is 13.1. The highest BCUT2D eigenvalue weighted by molar-refractivity contribution is 5.92. The van der Waals surface area contributed by atoms with E-state index in [1.54, 1.807) is 16.9 Å². The molecule has 6 nitrogen and oxygen atoms in total. The van der Waals surface area contributed by atoms with E-state index >= 15 is 0 Å². The molecule has 6 heteroatoms. The average Bonchev–Trinajstić information content (AvgIpc) is 3.04. The molecule has 0 aliphatic rings. The lowest BCUT2D eigenvalue weighted by atomic mass is 10.1. The summed E-state index contributed by atoms with van der Waals surface area (Å²) in [5.41, 5.74) is 3.21. The molecule has 0 fully saturated rings. The van der Waals surface area contributed by atoms with Crippen LogP contribution in [0.15, 0.2) is 53.5 Å². The molecule has 1 aromatic carbocycles. The van der Waals surface area contributed by atoms with Crippen molar-refractivity contribution in [3.63, 3.8) is 0 Å². The number of pyridine rings is 1. The zero-order chi connectivity index (χ0) is 17.1. The monoisotopic (exact) mass is 322 g/mol. The van der Waals surface area contributed by atoms with Gasteiger partial charge in [0.2, 0.25) is 0 Å². The van der Waals surface area contributed by atoms with Crippen molar-refractivity contribution in [2.45, 2.75) is 20.4 Å². The van der Waals surface area contributed by atoms with Gasteiger partial charge in [0, 0.05) is 24.0 Å². The number of aromatic nitrogens is 3. The Balaban J connectivity index is 1.73. The number of para-hydroxylation sites is 1. The standard InChI is InChI=1S/C18H18N4O2/c1-12-10-13(2)20-17(23)15(12)11-19-18(24)16-8-9-22(21-16)14-6-4-3-5-7-14/h3-10H,11H2,1-2H3,(H,19,24)(H,20,23). The number of nitrogens with zero attached hydrogens (tertiary/aromatic N) is 2. The van der Waals surface area contributed by atoms with Crippen molar-refractivity contribution in [3.8, 4) is 5.69 Å². The topological polar surface area (TPSA) is 79.8 Å². The van der Waals surface area contributed by atoms with Crippen molar-refractivity contribution in [2.75, 3.05) is 0 Å². The predicted molar refractivity (Wildman–Crippen MR) is 91.3 cm³/mol. The fourth-order valence-electron chi connectivity index (χ4n) is 2.53. The first-order valence-electron chi connectivity index (χ1n) is 7.63. The fraction of sp³-hybridized carbons (Fsp3) is 0.167. The number of aromatic amines is 1. The van der Waals surface area contributed by atoms with Crippen LogP contribution in [0.1, 0.15) is 27.3 Å². The summed E-state index contributed by atoms with van der Waals surface area (Å²) in [6.07, 6.45) is 1.73. The molecule has 0 saturated heterocycles. The number of hydrogen-bond donors (Lipinski definition) is 2. The molecule has 2 N–H and O–H groups in total. The van der Waals surface area contributed by atoms with Gasteiger partial charge < -0.3 is 10.3 Å². The fourth-order valence-corrected chi connectivity index (χ4v) is 2.53. The summed E-state index contributed by atoms with van der Waals surface area (Å²) >= 11 is 0. The quantitative estimate of drug-likeness (QED) is 0.772. The number of H-pyrrole nitrogens is 1. The Kier molecular flexibility index (Phi) is 4.29. The molecule has 2 heterocycles. The van der Waals surface area contributed by atoms with Crippen LogP contribution in [0.25, 0.3) is 5.69 Å². The number of amides is 1. The molecule has 0 atom stereocenters. The number of aryl methyl sites for hydroxylation is 2. The minimum absolute atomic E-state index is 0.165. The maximum Gasteiger partial charge on any atom is 0.272 e. The molecule has 0 aliphatic heterocycles. The van der Waals surface area contributed by atoms with Gasteiger partial charge in [0.15, 0.2) is 5.69 Å². The third-order valence-corrected chi connectivity index (χ3v) is 3.76. The summed E-state index contributed by atoms with van der Waals surface area (Å²) in [5, 5.41) is 7.02. The highest BCUT2D eigenvalue weighted by atomic mass is 16.2. The van der Waals surface area contributed by atoms with E-state index in [4.69, 9.17) is 0 Å². The molecule has 0 spiro atoms. The first kappa shape index (κ1) is 15.7. The molecule has 0 bridgehead atoms. The lowest BCUT2D eigenvalue weighted by Crippen LogP contribution is -2.28. The van der Waals surface area contributed by atoms with Crippen LogP contribution in [-0.2, 0) is 6.54 Å². The third-order valence-electron chi connectivity index (χ3n) is 3.76. The maximum absolute atomic E-state index is 12.3. The Labute approximate surface area is 139 Å². The number of benzene rings is 1. The SMILES string of the molecule is Cc1cc(C)c(CNC(=O)c2ccn(-c3ccccc3)n2)c(=O)[nH]1. The van der Waals surface area contributed by atoms with Gasteiger partial charge in [-0.3, -0.25) is 9.59 Å². The van der Waals surface area contributed by atoms with E-state index in [9.17, 15) is 9.59 Å². The van der Waals surface area contributed by atoms with Gasteiger partial charge in [-0.25, -0.2) is 4.68 Å². The van der Waals surface area contributed by atoms with Gasteiger partial charge in [0.25, 0.3) is 11.5 Å². The van der Waals surface area contributed by atoms with Crippen LogP contribution < -0.4 is 10.9 Å². The van der Waals surface area contributed by atoms with E-state index in [1.807, 2.05) is 50.2 Å². The van der Waals surface area contributed by atoms with Crippen LogP contribution in [0.5, 0.6) is 0 Å². The van der Waals surface area contributed by atoms with E-state index in [0.29, 0.717) is 11.3 Å². The van der Waals surface area contributed by atoms with Crippen molar-refractivity contribution >= 4 is 5.91 Å². The van der Waals surface area contributed by atoms with Gasteiger partial charge in [-0.2, -0.15) is 5.10 Å². The Morgan fingerprint density at radius 3 is 2.67 bits per heavy atom. The van der Waals surface area contributed by atoms with Crippen molar-refractivity contribution in [3.05, 3.63) is 81.5 Å². The molecule has 0 unspecified atom stereocenters. The summed E-state index contributed by atoms with van der Waals surface area (Å²) in [6.45, 7) is 3.85. The molecule has 2 aromatic heterocycles. The molecular formula is C18H18N4O2. The van der Waals surface area contributed by atoms with Crippen LogP contribution in [-0.4, -0.2) is 20.7 Å². The normalized spacial score (nSPS) is 10.6. The molecular weight excluding hydrogens is 304 g/mol. The molecule has 0 aliphatic carbocycles. The second-order valence-corrected chi connectivity index (χ2v) is 5.61. The van der Waals surface area contributed by atoms with Crippen LogP contribution in [0, 0.1) is 13.8 Å². The first-order valence-corrected chi connectivity index (χ1v) is 7.63. The maximum atomic E-state index is 12.3. The highest BCUT2D eigenvalue weighted by Crippen LogP contribution is 2.07. The lowest BCUT2D eigenvalue weighted by molar-refractivity contribution is 0.0945. The summed E-state index contributed by atoms with van der Waals surface area (Å²) < 4.78 is 1.64. The minimum Gasteiger partial charge on any atom is -0.346 e. The van der Waals surface area contributed by atoms with E-state index in [-0.39, 0.29) is 18.0 Å². The van der Waals surface area contributed by atoms with Crippen LogP contribution in [0.3, 0.4) is 0 Å². The Bertz CT molecular complexity index is 926. The largest absolute Gasteiger partial charge is 0.346 e. The van der Waals surface area contributed by atoms with Crippen molar-refractivity contribution in [1.82, 2.24) is 20.1 Å². The van der Waals surface area contributed by atoms with E-state index in [0.717, 1.165) is 16.9 Å². The zero-order valence-corrected chi connectivity index (χ0v) is 13.5. The summed E-state index contributed by atoms with van der Waals surface area (Å²) in [4.78, 5) is 27.0. The van der Waals surface area contributed by atoms with Crippen molar-refractivity contribution < 1.29 is 4.79 Å². The van der Waals surface area contributed by atoms with E-state index < -0.39 is 0 Å². The number of nitrogens with one attached hydrogen (secondary N) is 2. The first-order chi connectivity index (χ1) is 11.5. The van der Waals surface area contributed by atoms with Crippen LogP contribution >= 0.6 is 0 Å². The second-order valence-electron chi connectivity index (χ2n) is 5.61. The molecule has 0 saturated carbocycles. The molecule has 122 valence electrons. The van der Waals surface area contributed by atoms with Crippen LogP contribution in [0.2, 0.25) is 0 Å². The summed E-state index contributed by atoms with van der Waals surface area (Å²) in [5.74, 6) is -0.316. The Morgan fingerprint density at radius 1 is 1.21 bits per heavy atom. The van der Waals surface area contributed by atoms with Gasteiger partial charge in [-0.15, -0.1) is 0 Å². The van der Waals surface area contributed by atoms with Gasteiger partial charge in [-0.1, -0.05) is 18.2 Å². The van der Waals surface area contributed by atoms with Gasteiger partial charge in [-0.05, 0) is 43.7 Å². The number of carbonyl (C=O) groups excluding carboxylic acids is 1. The van der Waals surface area contributed by atoms with Gasteiger partial charge >= 0.3 is 0 Å². The Morgan fingerprint density at radius 2 is 1.96 bits per heavy atom. The van der Waals surface area contributed by atoms with Gasteiger partial charge in [0.05, 0.1) is 5.69 Å². The van der Waals surface area contributed by atoms with E-state index in [2.05, 4.69) is 15.4 Å². The molecule has 0 radical (unpaired) electrons. The molecule has 1 amide bonds. The minimum atomic E-state index is -0.316. The van der Waals surface area contributed by atoms with Crippen LogP contribution in [0.4, 0.5) is 0 Å². The average molecular weight is 322 g/mol. The summed E-state index contributed by atoms with van der Waals surface area (Å²) in [7, 11) is 0. The number of rotatable bonds is 4. The molecule has 3 rings (SSSR count). The zero-order valence-electron chi connectivity index (χ0n) is 13.5. The highest BCUT2D eigenvalue weighted by Gasteiger charge is 2.12. The van der Waals surface area contributed by atoms with Gasteiger partial charge in [0.1, 0.15) is 0 Å².